The molecule has 0 spiro atoms. The number of ether oxygens (including phenoxy) is 1. The number of methoxy groups -OCH3 is 1. The van der Waals surface area contributed by atoms with Gasteiger partial charge in [-0.3, -0.25) is 0 Å². The number of sulfone groups is 1. The molecule has 0 radical (unpaired) electrons. The van der Waals surface area contributed by atoms with E-state index in [1.165, 1.54) is 6.26 Å². The standard InChI is InChI=1S/C12H15NO3S/c1-7-10(16-3)6-5-9-11(7)12(8(2)13-9)17(4,14)15/h5-6,13H,1-4H3. The molecular weight excluding hydrogens is 238 g/mol. The second-order valence-corrected chi connectivity index (χ2v) is 6.12. The van der Waals surface area contributed by atoms with Crippen LogP contribution in [-0.2, 0) is 9.84 Å². The molecule has 0 saturated carbocycles. The number of rotatable bonds is 2. The lowest BCUT2D eigenvalue weighted by atomic mass is 10.1. The molecule has 0 aliphatic carbocycles. The highest BCUT2D eigenvalue weighted by Gasteiger charge is 2.20. The number of aromatic amines is 1. The molecule has 92 valence electrons. The quantitative estimate of drug-likeness (QED) is 0.892. The molecule has 2 aromatic rings. The molecule has 0 amide bonds. The zero-order valence-electron chi connectivity index (χ0n) is 10.3. The number of benzene rings is 1. The second-order valence-electron chi connectivity index (χ2n) is 4.17. The molecule has 0 bridgehead atoms. The van der Waals surface area contributed by atoms with Gasteiger partial charge in [-0.1, -0.05) is 0 Å². The van der Waals surface area contributed by atoms with E-state index in [4.69, 9.17) is 4.74 Å². The van der Waals surface area contributed by atoms with Crippen molar-refractivity contribution in [3.8, 4) is 5.75 Å². The van der Waals surface area contributed by atoms with E-state index >= 15 is 0 Å². The van der Waals surface area contributed by atoms with Gasteiger partial charge < -0.3 is 9.72 Å². The summed E-state index contributed by atoms with van der Waals surface area (Å²) in [7, 11) is -1.67. The maximum atomic E-state index is 11.8. The van der Waals surface area contributed by atoms with Crippen LogP contribution in [0.3, 0.4) is 0 Å². The first-order chi connectivity index (χ1) is 7.86. The number of H-pyrrole nitrogens is 1. The fourth-order valence-corrected chi connectivity index (χ4v) is 3.46. The zero-order valence-corrected chi connectivity index (χ0v) is 11.1. The smallest absolute Gasteiger partial charge is 0.177 e. The zero-order chi connectivity index (χ0) is 12.8. The lowest BCUT2D eigenvalue weighted by Crippen LogP contribution is -1.99. The molecule has 0 unspecified atom stereocenters. The predicted molar refractivity (Wildman–Crippen MR) is 67.4 cm³/mol. The minimum atomic E-state index is -3.25. The van der Waals surface area contributed by atoms with Crippen LogP contribution in [-0.4, -0.2) is 26.8 Å². The van der Waals surface area contributed by atoms with Crippen LogP contribution in [0.4, 0.5) is 0 Å². The molecule has 0 aliphatic heterocycles. The normalized spacial score (nSPS) is 12.0. The van der Waals surface area contributed by atoms with E-state index in [2.05, 4.69) is 4.98 Å². The first kappa shape index (κ1) is 12.0. The van der Waals surface area contributed by atoms with Gasteiger partial charge in [0.1, 0.15) is 5.75 Å². The van der Waals surface area contributed by atoms with Crippen LogP contribution in [0.25, 0.3) is 10.9 Å². The summed E-state index contributed by atoms with van der Waals surface area (Å²) in [6.45, 7) is 3.63. The van der Waals surface area contributed by atoms with Crippen LogP contribution in [0, 0.1) is 13.8 Å². The van der Waals surface area contributed by atoms with Gasteiger partial charge in [-0.25, -0.2) is 8.42 Å². The van der Waals surface area contributed by atoms with Crippen LogP contribution in [0.15, 0.2) is 17.0 Å². The van der Waals surface area contributed by atoms with Crippen molar-refractivity contribution >= 4 is 20.7 Å². The van der Waals surface area contributed by atoms with E-state index in [-0.39, 0.29) is 0 Å². The molecule has 1 aromatic heterocycles. The van der Waals surface area contributed by atoms with E-state index in [9.17, 15) is 8.42 Å². The topological polar surface area (TPSA) is 59.2 Å². The third-order valence-corrected chi connectivity index (χ3v) is 4.15. The Morgan fingerprint density at radius 3 is 2.41 bits per heavy atom. The molecule has 0 saturated heterocycles. The Hall–Kier alpha value is -1.49. The summed E-state index contributed by atoms with van der Waals surface area (Å²) in [5.74, 6) is 0.696. The lowest BCUT2D eigenvalue weighted by Gasteiger charge is -2.06. The van der Waals surface area contributed by atoms with Crippen molar-refractivity contribution in [3.05, 3.63) is 23.4 Å². The largest absolute Gasteiger partial charge is 0.496 e. The van der Waals surface area contributed by atoms with Crippen molar-refractivity contribution in [2.45, 2.75) is 18.7 Å². The Bertz CT molecular complexity index is 683. The van der Waals surface area contributed by atoms with E-state index in [0.717, 1.165) is 16.5 Å². The van der Waals surface area contributed by atoms with Crippen molar-refractivity contribution in [1.82, 2.24) is 4.98 Å². The van der Waals surface area contributed by atoms with Gasteiger partial charge in [-0.05, 0) is 26.0 Å². The van der Waals surface area contributed by atoms with Gasteiger partial charge in [-0.2, -0.15) is 0 Å². The van der Waals surface area contributed by atoms with E-state index in [0.29, 0.717) is 16.3 Å². The molecule has 0 fully saturated rings. The van der Waals surface area contributed by atoms with Gasteiger partial charge in [0, 0.05) is 28.4 Å². The van der Waals surface area contributed by atoms with Gasteiger partial charge in [0.05, 0.1) is 12.0 Å². The van der Waals surface area contributed by atoms with Crippen molar-refractivity contribution in [3.63, 3.8) is 0 Å². The fraction of sp³-hybridized carbons (Fsp3) is 0.333. The van der Waals surface area contributed by atoms with Crippen molar-refractivity contribution in [2.24, 2.45) is 0 Å². The third-order valence-electron chi connectivity index (χ3n) is 2.90. The summed E-state index contributed by atoms with van der Waals surface area (Å²) in [5.41, 5.74) is 2.33. The molecule has 1 aromatic carbocycles. The van der Waals surface area contributed by atoms with Gasteiger partial charge in [0.2, 0.25) is 0 Å². The SMILES string of the molecule is COc1ccc2[nH]c(C)c(S(C)(=O)=O)c2c1C. The molecule has 5 heteroatoms. The highest BCUT2D eigenvalue weighted by molar-refractivity contribution is 7.91. The summed E-state index contributed by atoms with van der Waals surface area (Å²) in [6.07, 6.45) is 1.22. The molecule has 0 aliphatic rings. The maximum Gasteiger partial charge on any atom is 0.177 e. The first-order valence-electron chi connectivity index (χ1n) is 5.22. The van der Waals surface area contributed by atoms with E-state index in [1.54, 1.807) is 14.0 Å². The molecule has 17 heavy (non-hydrogen) atoms. The average Bonchev–Trinajstić information content (AvgIpc) is 2.55. The minimum absolute atomic E-state index is 0.365. The number of hydrogen-bond acceptors (Lipinski definition) is 3. The lowest BCUT2D eigenvalue weighted by molar-refractivity contribution is 0.412. The van der Waals surface area contributed by atoms with E-state index < -0.39 is 9.84 Å². The van der Waals surface area contributed by atoms with Crippen LogP contribution in [0.5, 0.6) is 5.75 Å². The fourth-order valence-electron chi connectivity index (χ4n) is 2.22. The molecular formula is C12H15NO3S. The van der Waals surface area contributed by atoms with Crippen LogP contribution < -0.4 is 4.74 Å². The molecule has 4 nitrogen and oxygen atoms in total. The van der Waals surface area contributed by atoms with Crippen molar-refractivity contribution in [1.29, 1.82) is 0 Å². The van der Waals surface area contributed by atoms with Crippen LogP contribution >= 0.6 is 0 Å². The second kappa shape index (κ2) is 3.77. The van der Waals surface area contributed by atoms with Crippen molar-refractivity contribution < 1.29 is 13.2 Å². The number of fused-ring (bicyclic) bond motifs is 1. The summed E-state index contributed by atoms with van der Waals surface area (Å²) in [6, 6.07) is 3.67. The minimum Gasteiger partial charge on any atom is -0.496 e. The number of hydrogen-bond donors (Lipinski definition) is 1. The van der Waals surface area contributed by atoms with Crippen molar-refractivity contribution in [2.75, 3.05) is 13.4 Å². The molecule has 2 rings (SSSR count). The third kappa shape index (κ3) is 1.80. The Labute approximate surface area is 101 Å². The Morgan fingerprint density at radius 2 is 1.88 bits per heavy atom. The molecule has 1 heterocycles. The van der Waals surface area contributed by atoms with E-state index in [1.807, 2.05) is 19.1 Å². The number of nitrogens with one attached hydrogen (secondary N) is 1. The highest BCUT2D eigenvalue weighted by atomic mass is 32.2. The Kier molecular flexibility index (Phi) is 2.66. The van der Waals surface area contributed by atoms with Crippen LogP contribution in [0.2, 0.25) is 0 Å². The van der Waals surface area contributed by atoms with Gasteiger partial charge in [0.25, 0.3) is 0 Å². The van der Waals surface area contributed by atoms with Gasteiger partial charge in [-0.15, -0.1) is 0 Å². The van der Waals surface area contributed by atoms with Gasteiger partial charge in [0.15, 0.2) is 9.84 Å². The molecule has 1 N–H and O–H groups in total. The summed E-state index contributed by atoms with van der Waals surface area (Å²) in [4.78, 5) is 3.46. The maximum absolute atomic E-state index is 11.8. The van der Waals surface area contributed by atoms with Gasteiger partial charge >= 0.3 is 0 Å². The Morgan fingerprint density at radius 1 is 1.24 bits per heavy atom. The monoisotopic (exact) mass is 253 g/mol. The summed E-state index contributed by atoms with van der Waals surface area (Å²) >= 11 is 0. The Balaban J connectivity index is 2.98. The predicted octanol–water partition coefficient (Wildman–Crippen LogP) is 2.20. The first-order valence-corrected chi connectivity index (χ1v) is 7.11. The van der Waals surface area contributed by atoms with Crippen LogP contribution in [0.1, 0.15) is 11.3 Å². The summed E-state index contributed by atoms with van der Waals surface area (Å²) in [5, 5.41) is 0.726. The summed E-state index contributed by atoms with van der Waals surface area (Å²) < 4.78 is 28.9. The number of aromatic nitrogens is 1. The average molecular weight is 253 g/mol. The molecule has 0 atom stereocenters. The highest BCUT2D eigenvalue weighted by Crippen LogP contribution is 2.33. The number of aryl methyl sites for hydroxylation is 2.